The van der Waals surface area contributed by atoms with Gasteiger partial charge < -0.3 is 9.25 Å². The zero-order valence-electron chi connectivity index (χ0n) is 18.7. The van der Waals surface area contributed by atoms with Crippen LogP contribution in [0.15, 0.2) is 46.9 Å². The van der Waals surface area contributed by atoms with Crippen molar-refractivity contribution in [2.45, 2.75) is 6.42 Å². The van der Waals surface area contributed by atoms with Crippen molar-refractivity contribution in [3.8, 4) is 34.4 Å². The van der Waals surface area contributed by atoms with Gasteiger partial charge in [0.2, 0.25) is 0 Å². The number of hydrogen-bond acceptors (Lipinski definition) is 9. The molecule has 0 bridgehead atoms. The van der Waals surface area contributed by atoms with E-state index in [1.54, 1.807) is 35.3 Å². The summed E-state index contributed by atoms with van der Waals surface area (Å²) in [6, 6.07) is 12.5. The Balaban J connectivity index is 1.60. The average molecular weight is 551 g/mol. The molecular weight excluding hydrogens is 531 g/mol. The molecule has 0 atom stereocenters. The molecule has 1 aromatic heterocycles. The van der Waals surface area contributed by atoms with Crippen molar-refractivity contribution in [1.29, 1.82) is 0 Å². The Morgan fingerprint density at radius 1 is 1.17 bits per heavy atom. The van der Waals surface area contributed by atoms with Gasteiger partial charge >= 0.3 is 6.01 Å². The molecule has 1 fully saturated rings. The Morgan fingerprint density at radius 3 is 2.56 bits per heavy atom. The molecule has 0 amide bonds. The van der Waals surface area contributed by atoms with Gasteiger partial charge in [0, 0.05) is 41.2 Å². The van der Waals surface area contributed by atoms with Crippen LogP contribution in [0, 0.1) is 22.0 Å². The lowest BCUT2D eigenvalue weighted by Gasteiger charge is -2.25. The largest absolute Gasteiger partial charge is 0.422 e. The van der Waals surface area contributed by atoms with E-state index >= 15 is 0 Å². The van der Waals surface area contributed by atoms with Gasteiger partial charge in [-0.25, -0.2) is 13.4 Å². The molecule has 0 radical (unpaired) electrons. The van der Waals surface area contributed by atoms with Crippen molar-refractivity contribution in [3.05, 3.63) is 68.2 Å². The summed E-state index contributed by atoms with van der Waals surface area (Å²) >= 11 is 12.5. The van der Waals surface area contributed by atoms with Crippen molar-refractivity contribution in [3.63, 3.8) is 0 Å². The molecule has 0 unspecified atom stereocenters. The highest BCUT2D eigenvalue weighted by Gasteiger charge is 2.24. The molecule has 0 saturated carbocycles. The molecule has 188 valence electrons. The normalized spacial score (nSPS) is 15.1. The van der Waals surface area contributed by atoms with Crippen molar-refractivity contribution in [2.24, 2.45) is 0 Å². The summed E-state index contributed by atoms with van der Waals surface area (Å²) in [6.45, 7) is 0.509. The van der Waals surface area contributed by atoms with Crippen LogP contribution in [0.4, 0.5) is 6.01 Å². The Kier molecular flexibility index (Phi) is 8.01. The quantitative estimate of drug-likeness (QED) is 0.198. The molecule has 4 rings (SSSR count). The predicted molar refractivity (Wildman–Crippen MR) is 136 cm³/mol. The molecular formula is C23H20Cl2N4O6S. The lowest BCUT2D eigenvalue weighted by atomic mass is 10.0. The van der Waals surface area contributed by atoms with Crippen LogP contribution in [0.5, 0.6) is 0 Å². The number of halogens is 2. The second-order valence-corrected chi connectivity index (χ2v) is 10.9. The number of anilines is 1. The summed E-state index contributed by atoms with van der Waals surface area (Å²) in [4.78, 5) is 19.0. The highest BCUT2D eigenvalue weighted by molar-refractivity contribution is 7.91. The maximum absolute atomic E-state index is 11.7. The third-order valence-corrected chi connectivity index (χ3v) is 7.37. The first-order valence-electron chi connectivity index (χ1n) is 10.7. The first-order valence-corrected chi connectivity index (χ1v) is 13.3. The molecule has 2 heterocycles. The first kappa shape index (κ1) is 25.8. The monoisotopic (exact) mass is 550 g/mol. The lowest BCUT2D eigenvalue weighted by molar-refractivity contribution is -0.757. The van der Waals surface area contributed by atoms with Crippen LogP contribution < -0.4 is 5.43 Å². The second kappa shape index (κ2) is 11.2. The molecule has 13 heteroatoms. The van der Waals surface area contributed by atoms with Crippen molar-refractivity contribution in [1.82, 2.24) is 9.99 Å². The van der Waals surface area contributed by atoms with Gasteiger partial charge in [-0.1, -0.05) is 47.2 Å². The first-order chi connectivity index (χ1) is 17.2. The number of nitrogens with one attached hydrogen (secondary N) is 1. The fourth-order valence-corrected chi connectivity index (χ4v) is 5.12. The number of rotatable bonds is 7. The van der Waals surface area contributed by atoms with Crippen LogP contribution in [-0.4, -0.2) is 54.7 Å². The van der Waals surface area contributed by atoms with Crippen LogP contribution in [-0.2, 0) is 14.7 Å². The van der Waals surface area contributed by atoms with Crippen molar-refractivity contribution < 1.29 is 22.8 Å². The third kappa shape index (κ3) is 6.67. The van der Waals surface area contributed by atoms with Gasteiger partial charge in [0.25, 0.3) is 5.09 Å². The number of aromatic nitrogens is 1. The summed E-state index contributed by atoms with van der Waals surface area (Å²) in [6.07, 6.45) is 0.220. The van der Waals surface area contributed by atoms with E-state index in [0.29, 0.717) is 45.7 Å². The van der Waals surface area contributed by atoms with Gasteiger partial charge in [-0.2, -0.15) is 4.98 Å². The zero-order valence-corrected chi connectivity index (χ0v) is 21.1. The minimum atomic E-state index is -3.04. The fraction of sp³-hybridized carbons (Fsp3) is 0.261. The summed E-state index contributed by atoms with van der Waals surface area (Å²) in [7, 11) is -3.04. The maximum Gasteiger partial charge on any atom is 0.310 e. The van der Waals surface area contributed by atoms with E-state index in [1.807, 2.05) is 12.1 Å². The molecule has 1 aliphatic rings. The van der Waals surface area contributed by atoms with E-state index in [1.165, 1.54) is 0 Å². The molecule has 36 heavy (non-hydrogen) atoms. The zero-order chi connectivity index (χ0) is 25.7. The Bertz CT molecular complexity index is 1420. The highest BCUT2D eigenvalue weighted by atomic mass is 35.5. The van der Waals surface area contributed by atoms with E-state index in [9.17, 15) is 18.5 Å². The summed E-state index contributed by atoms with van der Waals surface area (Å²) in [5, 5.41) is 11.9. The molecule has 2 aromatic carbocycles. The van der Waals surface area contributed by atoms with Gasteiger partial charge in [-0.3, -0.25) is 5.43 Å². The van der Waals surface area contributed by atoms with Crippen molar-refractivity contribution >= 4 is 39.1 Å². The number of oxazole rings is 1. The minimum Gasteiger partial charge on any atom is -0.422 e. The molecule has 3 aromatic rings. The molecule has 0 aliphatic carbocycles. The lowest BCUT2D eigenvalue weighted by Crippen LogP contribution is -2.43. The van der Waals surface area contributed by atoms with E-state index in [2.05, 4.69) is 27.1 Å². The summed E-state index contributed by atoms with van der Waals surface area (Å²) in [5.74, 6) is 6.25. The van der Waals surface area contributed by atoms with Gasteiger partial charge in [0.15, 0.2) is 15.6 Å². The molecule has 0 spiro atoms. The topological polar surface area (TPSA) is 128 Å². The molecule has 1 N–H and O–H groups in total. The average Bonchev–Trinajstić information content (AvgIpc) is 3.24. The maximum atomic E-state index is 11.7. The standard InChI is InChI=1S/C23H20Cl2N4O6S/c24-18-8-9-19(20(25)15-18)22-21(26-23(35-22)27-28-10-13-36(32,33)14-11-28)17-6-4-16(5-7-17)3-1-2-12-34-29(30)31/h4-9,15H,2,10-14H2,(H,26,27). The van der Waals surface area contributed by atoms with E-state index in [0.717, 1.165) is 5.56 Å². The minimum absolute atomic E-state index is 0.0457. The van der Waals surface area contributed by atoms with Crippen molar-refractivity contribution in [2.75, 3.05) is 36.6 Å². The van der Waals surface area contributed by atoms with Gasteiger partial charge in [0.1, 0.15) is 12.3 Å². The van der Waals surface area contributed by atoms with Gasteiger partial charge in [0.05, 0.1) is 16.5 Å². The van der Waals surface area contributed by atoms with E-state index in [4.69, 9.17) is 27.6 Å². The number of hydrogen-bond donors (Lipinski definition) is 1. The SMILES string of the molecule is O=[N+]([O-])OCCC#Cc1ccc(-c2nc(NN3CCS(=O)(=O)CC3)oc2-c2ccc(Cl)cc2Cl)cc1. The molecule has 10 nitrogen and oxygen atoms in total. The number of sulfone groups is 1. The van der Waals surface area contributed by atoms with Gasteiger partial charge in [-0.05, 0) is 30.3 Å². The van der Waals surface area contributed by atoms with Gasteiger partial charge in [-0.15, -0.1) is 10.1 Å². The fourth-order valence-electron chi connectivity index (χ4n) is 3.43. The molecule has 1 saturated heterocycles. The van der Waals surface area contributed by atoms with E-state index in [-0.39, 0.29) is 30.5 Å². The highest BCUT2D eigenvalue weighted by Crippen LogP contribution is 2.39. The predicted octanol–water partition coefficient (Wildman–Crippen LogP) is 4.32. The van der Waals surface area contributed by atoms with Crippen LogP contribution >= 0.6 is 23.2 Å². The second-order valence-electron chi connectivity index (χ2n) is 7.76. The molecule has 1 aliphatic heterocycles. The number of nitrogens with zero attached hydrogens (tertiary/aromatic N) is 3. The Hall–Kier alpha value is -3.30. The van der Waals surface area contributed by atoms with Crippen LogP contribution in [0.2, 0.25) is 10.0 Å². The smallest absolute Gasteiger partial charge is 0.310 e. The Labute approximate surface area is 217 Å². The summed E-state index contributed by atoms with van der Waals surface area (Å²) < 4.78 is 29.5. The Morgan fingerprint density at radius 2 is 1.89 bits per heavy atom. The number of benzene rings is 2. The number of hydrazine groups is 1. The van der Waals surface area contributed by atoms with E-state index < -0.39 is 14.9 Å². The third-order valence-electron chi connectivity index (χ3n) is 5.22. The van der Waals surface area contributed by atoms with Crippen LogP contribution in [0.1, 0.15) is 12.0 Å². The van der Waals surface area contributed by atoms with Crippen LogP contribution in [0.25, 0.3) is 22.6 Å². The summed E-state index contributed by atoms with van der Waals surface area (Å²) in [5.41, 5.74) is 5.60. The van der Waals surface area contributed by atoms with Crippen LogP contribution in [0.3, 0.4) is 0 Å².